The molecule has 2 heteroatoms. The molecule has 42 heavy (non-hydrogen) atoms. The van der Waals surface area contributed by atoms with Crippen molar-refractivity contribution in [1.82, 2.24) is 0 Å². The van der Waals surface area contributed by atoms with Gasteiger partial charge < -0.3 is 10.2 Å². The third-order valence-corrected chi connectivity index (χ3v) is 8.41. The van der Waals surface area contributed by atoms with Crippen molar-refractivity contribution in [3.63, 3.8) is 0 Å². The minimum Gasteiger partial charge on any atom is -0.389 e. The van der Waals surface area contributed by atoms with Gasteiger partial charge in [-0.3, -0.25) is 0 Å². The highest BCUT2D eigenvalue weighted by Crippen LogP contribution is 2.42. The van der Waals surface area contributed by atoms with E-state index in [9.17, 15) is 10.2 Å². The molecular weight excluding hydrogens is 512 g/mol. The van der Waals surface area contributed by atoms with Gasteiger partial charge in [0.15, 0.2) is 0 Å². The van der Waals surface area contributed by atoms with Crippen LogP contribution < -0.4 is 0 Å². The van der Waals surface area contributed by atoms with Gasteiger partial charge in [0.25, 0.3) is 0 Å². The number of aliphatic hydroxyl groups is 2. The summed E-state index contributed by atoms with van der Waals surface area (Å²) in [6.45, 7) is 21.6. The molecule has 2 aliphatic rings. The van der Waals surface area contributed by atoms with Gasteiger partial charge in [0.05, 0.1) is 12.2 Å². The quantitative estimate of drug-likeness (QED) is 0.203. The molecule has 0 amide bonds. The van der Waals surface area contributed by atoms with E-state index in [2.05, 4.69) is 154 Å². The summed E-state index contributed by atoms with van der Waals surface area (Å²) in [5.74, 6) is 0.696. The standard InChI is InChI=1S/C40H56O2/c1-29(17-13-19-31(3)21-23-37-33(5)25-35(41)27-39(37,7)8)15-11-12-16-30(2)18-14-20-32(4)22-24-38-34(6)26-36(42)28-40(38,9)10/h11-26,35-38,41-42H,27-28H2,1-10H3/b12-11+,17-13+,18-14+,23-21+,24-22+,29-15+,30-16+,31-19+,32-20+/t35-,36?,37?,38?/m0/s1. The average Bonchev–Trinajstić information content (AvgIpc) is 2.84. The predicted molar refractivity (Wildman–Crippen MR) is 184 cm³/mol. The Morgan fingerprint density at radius 1 is 0.571 bits per heavy atom. The molecule has 2 aliphatic carbocycles. The largest absolute Gasteiger partial charge is 0.389 e. The van der Waals surface area contributed by atoms with Crippen LogP contribution in [0.25, 0.3) is 0 Å². The zero-order valence-electron chi connectivity index (χ0n) is 27.9. The summed E-state index contributed by atoms with van der Waals surface area (Å²) in [5.41, 5.74) is 7.40. The van der Waals surface area contributed by atoms with Gasteiger partial charge >= 0.3 is 0 Å². The van der Waals surface area contributed by atoms with Crippen molar-refractivity contribution >= 4 is 0 Å². The van der Waals surface area contributed by atoms with Crippen molar-refractivity contribution in [2.45, 2.75) is 94.3 Å². The average molecular weight is 569 g/mol. The first kappa shape index (κ1) is 35.3. The molecule has 2 nitrogen and oxygen atoms in total. The molecule has 228 valence electrons. The van der Waals surface area contributed by atoms with Crippen LogP contribution in [0.5, 0.6) is 0 Å². The summed E-state index contributed by atoms with van der Waals surface area (Å²) in [5, 5.41) is 20.1. The normalized spacial score (nSPS) is 28.1. The van der Waals surface area contributed by atoms with Gasteiger partial charge in [-0.05, 0) is 65.2 Å². The highest BCUT2D eigenvalue weighted by Gasteiger charge is 2.35. The fourth-order valence-electron chi connectivity index (χ4n) is 6.16. The number of hydrogen-bond donors (Lipinski definition) is 2. The van der Waals surface area contributed by atoms with E-state index < -0.39 is 0 Å². The Morgan fingerprint density at radius 2 is 0.881 bits per heavy atom. The second kappa shape index (κ2) is 16.1. The van der Waals surface area contributed by atoms with Crippen LogP contribution in [0.15, 0.2) is 131 Å². The minimum atomic E-state index is -0.331. The van der Waals surface area contributed by atoms with Crippen molar-refractivity contribution in [1.29, 1.82) is 0 Å². The van der Waals surface area contributed by atoms with E-state index >= 15 is 0 Å². The van der Waals surface area contributed by atoms with Crippen LogP contribution in [-0.2, 0) is 0 Å². The molecule has 0 heterocycles. The van der Waals surface area contributed by atoms with Gasteiger partial charge in [0, 0.05) is 11.8 Å². The monoisotopic (exact) mass is 568 g/mol. The fourth-order valence-corrected chi connectivity index (χ4v) is 6.16. The predicted octanol–water partition coefficient (Wildman–Crippen LogP) is 10.3. The minimum absolute atomic E-state index is 0.0574. The molecule has 0 aromatic carbocycles. The second-order valence-corrected chi connectivity index (χ2v) is 13.8. The first-order chi connectivity index (χ1) is 19.6. The summed E-state index contributed by atoms with van der Waals surface area (Å²) < 4.78 is 0. The van der Waals surface area contributed by atoms with Crippen LogP contribution in [0, 0.1) is 22.7 Å². The number of aliphatic hydroxyl groups excluding tert-OH is 2. The maximum Gasteiger partial charge on any atom is 0.0729 e. The van der Waals surface area contributed by atoms with Crippen LogP contribution in [0.2, 0.25) is 0 Å². The molecule has 0 radical (unpaired) electrons. The lowest BCUT2D eigenvalue weighted by atomic mass is 9.67. The van der Waals surface area contributed by atoms with Crippen molar-refractivity contribution < 1.29 is 10.2 Å². The first-order valence-electron chi connectivity index (χ1n) is 15.4. The SMILES string of the molecule is CC1=CC(O)CC(C)(C)C1/C=C/C(C)=C/C=C/C(C)=C/C=C/C=C(C)/C=C/C=C(C)/C=C/C1C(C)=C[C@H](O)CC1(C)C. The molecule has 3 unspecified atom stereocenters. The molecule has 0 saturated heterocycles. The lowest BCUT2D eigenvalue weighted by molar-refractivity contribution is 0.117. The molecule has 2 N–H and O–H groups in total. The van der Waals surface area contributed by atoms with Crippen LogP contribution in [0.1, 0.15) is 82.1 Å². The van der Waals surface area contributed by atoms with E-state index in [-0.39, 0.29) is 23.0 Å². The summed E-state index contributed by atoms with van der Waals surface area (Å²) in [4.78, 5) is 0. The Bertz CT molecular complexity index is 1160. The molecule has 4 atom stereocenters. The summed E-state index contributed by atoms with van der Waals surface area (Å²) in [6, 6.07) is 0. The molecule has 2 rings (SSSR count). The van der Waals surface area contributed by atoms with Gasteiger partial charge in [0.2, 0.25) is 0 Å². The number of hydrogen-bond acceptors (Lipinski definition) is 2. The smallest absolute Gasteiger partial charge is 0.0729 e. The Morgan fingerprint density at radius 3 is 1.21 bits per heavy atom. The summed E-state index contributed by atoms with van der Waals surface area (Å²) >= 11 is 0. The van der Waals surface area contributed by atoms with E-state index in [1.165, 1.54) is 33.4 Å². The van der Waals surface area contributed by atoms with Crippen LogP contribution >= 0.6 is 0 Å². The maximum atomic E-state index is 10.1. The second-order valence-electron chi connectivity index (χ2n) is 13.8. The highest BCUT2D eigenvalue weighted by molar-refractivity contribution is 5.33. The van der Waals surface area contributed by atoms with Gasteiger partial charge in [-0.2, -0.15) is 0 Å². The van der Waals surface area contributed by atoms with Crippen molar-refractivity contribution in [2.24, 2.45) is 22.7 Å². The zero-order chi connectivity index (χ0) is 31.5. The summed E-state index contributed by atoms with van der Waals surface area (Å²) in [7, 11) is 0. The van der Waals surface area contributed by atoms with E-state index in [4.69, 9.17) is 0 Å². The molecule has 0 fully saturated rings. The van der Waals surface area contributed by atoms with Gasteiger partial charge in [-0.1, -0.05) is 158 Å². The molecule has 0 bridgehead atoms. The van der Waals surface area contributed by atoms with Crippen molar-refractivity contribution in [2.75, 3.05) is 0 Å². The molecule has 0 saturated carbocycles. The van der Waals surface area contributed by atoms with Gasteiger partial charge in [0.1, 0.15) is 0 Å². The molecule has 0 aliphatic heterocycles. The lowest BCUT2D eigenvalue weighted by Gasteiger charge is -2.38. The Labute approximate surface area is 257 Å². The van der Waals surface area contributed by atoms with E-state index in [0.717, 1.165) is 12.8 Å². The van der Waals surface area contributed by atoms with Crippen LogP contribution in [0.4, 0.5) is 0 Å². The molecular formula is C40H56O2. The first-order valence-corrected chi connectivity index (χ1v) is 15.4. The maximum absolute atomic E-state index is 10.1. The molecule has 0 aromatic heterocycles. The van der Waals surface area contributed by atoms with Crippen molar-refractivity contribution in [3.8, 4) is 0 Å². The number of allylic oxidation sites excluding steroid dienone is 20. The van der Waals surface area contributed by atoms with Gasteiger partial charge in [-0.15, -0.1) is 0 Å². The Hall–Kier alpha value is -2.94. The van der Waals surface area contributed by atoms with E-state index in [0.29, 0.717) is 11.8 Å². The Balaban J connectivity index is 1.89. The third kappa shape index (κ3) is 11.7. The lowest BCUT2D eigenvalue weighted by Crippen LogP contribution is -2.32. The van der Waals surface area contributed by atoms with Crippen molar-refractivity contribution in [3.05, 3.63) is 131 Å². The highest BCUT2D eigenvalue weighted by atomic mass is 16.3. The van der Waals surface area contributed by atoms with E-state index in [1.54, 1.807) is 0 Å². The third-order valence-electron chi connectivity index (χ3n) is 8.41. The topological polar surface area (TPSA) is 40.5 Å². The molecule has 0 aromatic rings. The van der Waals surface area contributed by atoms with Crippen LogP contribution in [-0.4, -0.2) is 22.4 Å². The molecule has 0 spiro atoms. The van der Waals surface area contributed by atoms with Crippen LogP contribution in [0.3, 0.4) is 0 Å². The summed E-state index contributed by atoms with van der Waals surface area (Å²) in [6.07, 6.45) is 35.0. The van der Waals surface area contributed by atoms with Gasteiger partial charge in [-0.25, -0.2) is 0 Å². The number of rotatable bonds is 10. The Kier molecular flexibility index (Phi) is 13.5. The fraction of sp³-hybridized carbons (Fsp3) is 0.450. The zero-order valence-corrected chi connectivity index (χ0v) is 27.9. The van der Waals surface area contributed by atoms with E-state index in [1.807, 2.05) is 12.2 Å².